The highest BCUT2D eigenvalue weighted by Crippen LogP contribution is 2.28. The SMILES string of the molecule is C[C@H](NCc1cccc([N+](=O)[O-])c1C(=O)O)C1CCCC1. The first-order chi connectivity index (χ1) is 10.0. The number of aromatic carboxylic acids is 1. The Morgan fingerprint density at radius 3 is 2.71 bits per heavy atom. The maximum Gasteiger partial charge on any atom is 0.343 e. The van der Waals surface area contributed by atoms with E-state index in [-0.39, 0.29) is 17.3 Å². The number of carboxylic acids is 1. The number of nitrogens with zero attached hydrogens (tertiary/aromatic N) is 1. The van der Waals surface area contributed by atoms with Crippen LogP contribution >= 0.6 is 0 Å². The summed E-state index contributed by atoms with van der Waals surface area (Å²) >= 11 is 0. The molecule has 0 aromatic heterocycles. The molecule has 6 heteroatoms. The maximum atomic E-state index is 11.3. The molecule has 1 aliphatic rings. The summed E-state index contributed by atoms with van der Waals surface area (Å²) in [6.45, 7) is 2.43. The standard InChI is InChI=1S/C15H20N2O4/c1-10(11-5-2-3-6-11)16-9-12-7-4-8-13(17(20)21)14(12)15(18)19/h4,7-8,10-11,16H,2-3,5-6,9H2,1H3,(H,18,19)/t10-/m0/s1. The number of nitro benzene ring substituents is 1. The van der Waals surface area contributed by atoms with E-state index in [1.165, 1.54) is 37.8 Å². The molecule has 1 fully saturated rings. The molecule has 0 bridgehead atoms. The molecule has 1 aromatic rings. The van der Waals surface area contributed by atoms with Crippen LogP contribution in [-0.4, -0.2) is 22.0 Å². The molecule has 21 heavy (non-hydrogen) atoms. The summed E-state index contributed by atoms with van der Waals surface area (Å²) in [6.07, 6.45) is 4.87. The van der Waals surface area contributed by atoms with Crippen molar-refractivity contribution in [3.05, 3.63) is 39.4 Å². The van der Waals surface area contributed by atoms with Gasteiger partial charge in [0.15, 0.2) is 0 Å². The average Bonchev–Trinajstić information content (AvgIpc) is 2.98. The second-order valence-corrected chi connectivity index (χ2v) is 5.59. The fourth-order valence-corrected chi connectivity index (χ4v) is 3.03. The van der Waals surface area contributed by atoms with Crippen molar-refractivity contribution in [1.29, 1.82) is 0 Å². The Bertz CT molecular complexity index is 538. The Morgan fingerprint density at radius 1 is 1.48 bits per heavy atom. The van der Waals surface area contributed by atoms with Gasteiger partial charge in [0.1, 0.15) is 5.56 Å². The minimum Gasteiger partial charge on any atom is -0.477 e. The van der Waals surface area contributed by atoms with Gasteiger partial charge in [0, 0.05) is 18.7 Å². The van der Waals surface area contributed by atoms with Crippen LogP contribution in [0.3, 0.4) is 0 Å². The van der Waals surface area contributed by atoms with Crippen molar-refractivity contribution >= 4 is 11.7 Å². The van der Waals surface area contributed by atoms with Gasteiger partial charge in [-0.3, -0.25) is 10.1 Å². The minimum absolute atomic E-state index is 0.214. The molecule has 1 atom stereocenters. The van der Waals surface area contributed by atoms with Crippen LogP contribution in [0, 0.1) is 16.0 Å². The van der Waals surface area contributed by atoms with Crippen LogP contribution in [0.1, 0.15) is 48.5 Å². The lowest BCUT2D eigenvalue weighted by Gasteiger charge is -2.20. The van der Waals surface area contributed by atoms with Gasteiger partial charge in [-0.15, -0.1) is 0 Å². The Labute approximate surface area is 123 Å². The van der Waals surface area contributed by atoms with Crippen LogP contribution in [-0.2, 0) is 6.54 Å². The summed E-state index contributed by atoms with van der Waals surface area (Å²) < 4.78 is 0. The maximum absolute atomic E-state index is 11.3. The summed E-state index contributed by atoms with van der Waals surface area (Å²) in [7, 11) is 0. The van der Waals surface area contributed by atoms with Crippen molar-refractivity contribution in [3.63, 3.8) is 0 Å². The summed E-state index contributed by atoms with van der Waals surface area (Å²) in [5.41, 5.74) is -0.106. The first-order valence-corrected chi connectivity index (χ1v) is 7.23. The number of carboxylic acid groups (broad SMARTS) is 1. The van der Waals surface area contributed by atoms with Crippen LogP contribution in [0.4, 0.5) is 5.69 Å². The molecule has 1 saturated carbocycles. The van der Waals surface area contributed by atoms with Gasteiger partial charge in [0.2, 0.25) is 0 Å². The van der Waals surface area contributed by atoms with E-state index in [9.17, 15) is 20.0 Å². The average molecular weight is 292 g/mol. The highest BCUT2D eigenvalue weighted by Gasteiger charge is 2.25. The molecule has 114 valence electrons. The van der Waals surface area contributed by atoms with E-state index in [0.29, 0.717) is 18.0 Å². The van der Waals surface area contributed by atoms with Crippen LogP contribution < -0.4 is 5.32 Å². The van der Waals surface area contributed by atoms with Crippen molar-refractivity contribution in [2.75, 3.05) is 0 Å². The van der Waals surface area contributed by atoms with Crippen molar-refractivity contribution in [1.82, 2.24) is 5.32 Å². The molecule has 2 rings (SSSR count). The van der Waals surface area contributed by atoms with Crippen molar-refractivity contribution < 1.29 is 14.8 Å². The zero-order valence-electron chi connectivity index (χ0n) is 12.0. The van der Waals surface area contributed by atoms with Gasteiger partial charge in [-0.05, 0) is 31.2 Å². The summed E-state index contributed by atoms with van der Waals surface area (Å²) in [6, 6.07) is 4.67. The van der Waals surface area contributed by atoms with Gasteiger partial charge in [-0.2, -0.15) is 0 Å². The molecule has 0 unspecified atom stereocenters. The van der Waals surface area contributed by atoms with E-state index in [4.69, 9.17) is 0 Å². The van der Waals surface area contributed by atoms with Gasteiger partial charge < -0.3 is 10.4 Å². The Morgan fingerprint density at radius 2 is 2.14 bits per heavy atom. The number of rotatable bonds is 6. The number of carbonyl (C=O) groups is 1. The van der Waals surface area contributed by atoms with E-state index in [1.54, 1.807) is 6.07 Å². The minimum atomic E-state index is -1.26. The molecule has 0 amide bonds. The first kappa shape index (κ1) is 15.4. The quantitative estimate of drug-likeness (QED) is 0.621. The fourth-order valence-electron chi connectivity index (χ4n) is 3.03. The number of benzene rings is 1. The van der Waals surface area contributed by atoms with Crippen LogP contribution in [0.2, 0.25) is 0 Å². The molecule has 1 aromatic carbocycles. The number of nitrogens with one attached hydrogen (secondary N) is 1. The Hall–Kier alpha value is -1.95. The monoisotopic (exact) mass is 292 g/mol. The second kappa shape index (κ2) is 6.67. The predicted octanol–water partition coefficient (Wildman–Crippen LogP) is 2.96. The van der Waals surface area contributed by atoms with E-state index in [1.807, 2.05) is 0 Å². The lowest BCUT2D eigenvalue weighted by molar-refractivity contribution is -0.385. The normalized spacial score (nSPS) is 16.8. The molecular weight excluding hydrogens is 272 g/mol. The van der Waals surface area contributed by atoms with E-state index >= 15 is 0 Å². The number of hydrogen-bond donors (Lipinski definition) is 2. The molecule has 6 nitrogen and oxygen atoms in total. The zero-order chi connectivity index (χ0) is 15.4. The molecule has 0 aliphatic heterocycles. The van der Waals surface area contributed by atoms with Crippen LogP contribution in [0.5, 0.6) is 0 Å². The van der Waals surface area contributed by atoms with Gasteiger partial charge >= 0.3 is 5.97 Å². The number of hydrogen-bond acceptors (Lipinski definition) is 4. The van der Waals surface area contributed by atoms with Gasteiger partial charge in [0.05, 0.1) is 4.92 Å². The van der Waals surface area contributed by atoms with Gasteiger partial charge in [0.25, 0.3) is 5.69 Å². The highest BCUT2D eigenvalue weighted by molar-refractivity contribution is 5.94. The van der Waals surface area contributed by atoms with Crippen molar-refractivity contribution in [3.8, 4) is 0 Å². The third-order valence-electron chi connectivity index (χ3n) is 4.26. The Balaban J connectivity index is 2.13. The molecule has 0 spiro atoms. The molecule has 0 heterocycles. The van der Waals surface area contributed by atoms with E-state index in [0.717, 1.165) is 0 Å². The Kier molecular flexibility index (Phi) is 4.90. The lowest BCUT2D eigenvalue weighted by Crippen LogP contribution is -2.32. The van der Waals surface area contributed by atoms with Crippen LogP contribution in [0.15, 0.2) is 18.2 Å². The van der Waals surface area contributed by atoms with E-state index < -0.39 is 10.9 Å². The third-order valence-corrected chi connectivity index (χ3v) is 4.26. The first-order valence-electron chi connectivity index (χ1n) is 7.23. The summed E-state index contributed by atoms with van der Waals surface area (Å²) in [5, 5.41) is 23.5. The zero-order valence-corrected chi connectivity index (χ0v) is 12.0. The fraction of sp³-hybridized carbons (Fsp3) is 0.533. The number of nitro groups is 1. The van der Waals surface area contributed by atoms with Gasteiger partial charge in [-0.1, -0.05) is 25.0 Å². The second-order valence-electron chi connectivity index (χ2n) is 5.59. The van der Waals surface area contributed by atoms with Crippen LogP contribution in [0.25, 0.3) is 0 Å². The van der Waals surface area contributed by atoms with Crippen molar-refractivity contribution in [2.45, 2.75) is 45.2 Å². The summed E-state index contributed by atoms with van der Waals surface area (Å²) in [5.74, 6) is -0.649. The smallest absolute Gasteiger partial charge is 0.343 e. The largest absolute Gasteiger partial charge is 0.477 e. The molecule has 2 N–H and O–H groups in total. The molecule has 0 saturated heterocycles. The predicted molar refractivity (Wildman–Crippen MR) is 78.3 cm³/mol. The topological polar surface area (TPSA) is 92.5 Å². The third kappa shape index (κ3) is 3.58. The highest BCUT2D eigenvalue weighted by atomic mass is 16.6. The van der Waals surface area contributed by atoms with Crippen molar-refractivity contribution in [2.24, 2.45) is 5.92 Å². The molecule has 0 radical (unpaired) electrons. The molecule has 1 aliphatic carbocycles. The van der Waals surface area contributed by atoms with Gasteiger partial charge in [-0.25, -0.2) is 4.79 Å². The van der Waals surface area contributed by atoms with E-state index in [2.05, 4.69) is 12.2 Å². The summed E-state index contributed by atoms with van der Waals surface area (Å²) in [4.78, 5) is 21.6. The molecular formula is C15H20N2O4. The lowest BCUT2D eigenvalue weighted by atomic mass is 9.99.